The molecule has 10 heavy (non-hydrogen) atoms. The van der Waals surface area contributed by atoms with Gasteiger partial charge in [-0.05, 0) is 12.8 Å². The summed E-state index contributed by atoms with van der Waals surface area (Å²) in [6, 6.07) is 0. The number of carbonyl (C=O) groups excluding carboxylic acids is 1. The fourth-order valence-corrected chi connectivity index (χ4v) is 0.511. The maximum absolute atomic E-state index is 10.7. The zero-order valence-corrected chi connectivity index (χ0v) is 6.42. The largest absolute Gasteiger partial charge is 0.374 e. The van der Waals surface area contributed by atoms with Crippen LogP contribution in [0.15, 0.2) is 0 Å². The van der Waals surface area contributed by atoms with E-state index in [2.05, 4.69) is 5.32 Å². The third-order valence-corrected chi connectivity index (χ3v) is 1.09. The van der Waals surface area contributed by atoms with Gasteiger partial charge in [0.1, 0.15) is 6.23 Å². The molecule has 0 aliphatic carbocycles. The quantitative estimate of drug-likeness (QED) is 0.563. The van der Waals surface area contributed by atoms with Gasteiger partial charge in [0, 0.05) is 6.42 Å². The van der Waals surface area contributed by atoms with E-state index in [1.165, 1.54) is 6.42 Å². The zero-order valence-electron chi connectivity index (χ0n) is 6.42. The zero-order chi connectivity index (χ0) is 7.98. The topological polar surface area (TPSA) is 49.3 Å². The number of hydrogen-bond donors (Lipinski definition) is 2. The Labute approximate surface area is 61.4 Å². The van der Waals surface area contributed by atoms with Crippen LogP contribution in [0, 0.1) is 6.42 Å². The van der Waals surface area contributed by atoms with E-state index < -0.39 is 6.23 Å². The molecule has 0 saturated carbocycles. The van der Waals surface area contributed by atoms with Crippen molar-refractivity contribution < 1.29 is 9.90 Å². The second-order valence-corrected chi connectivity index (χ2v) is 2.05. The standard InChI is InChI=1S/C7H14NO2/c1-3-5-7(10)8-6(9)4-2/h5-6,9H,3-4H2,1-2H3,(H,8,10). The van der Waals surface area contributed by atoms with Gasteiger partial charge in [-0.2, -0.15) is 0 Å². The molecule has 1 amide bonds. The van der Waals surface area contributed by atoms with E-state index in [9.17, 15) is 4.79 Å². The van der Waals surface area contributed by atoms with Gasteiger partial charge in [-0.15, -0.1) is 0 Å². The molecule has 59 valence electrons. The first-order valence-electron chi connectivity index (χ1n) is 3.52. The van der Waals surface area contributed by atoms with Crippen molar-refractivity contribution in [2.75, 3.05) is 0 Å². The maximum Gasteiger partial charge on any atom is 0.225 e. The number of aliphatic hydroxyl groups is 1. The van der Waals surface area contributed by atoms with Gasteiger partial charge in [-0.1, -0.05) is 13.8 Å². The van der Waals surface area contributed by atoms with Crippen LogP contribution in [0.2, 0.25) is 0 Å². The Morgan fingerprint density at radius 2 is 2.30 bits per heavy atom. The molecule has 1 atom stereocenters. The van der Waals surface area contributed by atoms with Gasteiger partial charge in [0.15, 0.2) is 0 Å². The predicted molar refractivity (Wildman–Crippen MR) is 39.0 cm³/mol. The fraction of sp³-hybridized carbons (Fsp3) is 0.714. The lowest BCUT2D eigenvalue weighted by Gasteiger charge is -2.08. The van der Waals surface area contributed by atoms with Crippen molar-refractivity contribution in [3.05, 3.63) is 6.42 Å². The summed E-state index contributed by atoms with van der Waals surface area (Å²) in [5, 5.41) is 11.3. The Morgan fingerprint density at radius 1 is 1.70 bits per heavy atom. The number of hydrogen-bond acceptors (Lipinski definition) is 2. The van der Waals surface area contributed by atoms with Gasteiger partial charge in [-0.3, -0.25) is 4.79 Å². The summed E-state index contributed by atoms with van der Waals surface area (Å²) in [7, 11) is 0. The first-order valence-corrected chi connectivity index (χ1v) is 3.52. The molecule has 3 heteroatoms. The van der Waals surface area contributed by atoms with Gasteiger partial charge in [0.05, 0.1) is 0 Å². The molecule has 0 heterocycles. The Balaban J connectivity index is 3.37. The highest BCUT2D eigenvalue weighted by molar-refractivity contribution is 5.84. The van der Waals surface area contributed by atoms with Crippen molar-refractivity contribution in [1.82, 2.24) is 5.32 Å². The highest BCUT2D eigenvalue weighted by atomic mass is 16.3. The summed E-state index contributed by atoms with van der Waals surface area (Å²) in [4.78, 5) is 10.7. The lowest BCUT2D eigenvalue weighted by Crippen LogP contribution is -2.33. The highest BCUT2D eigenvalue weighted by Crippen LogP contribution is 1.88. The second kappa shape index (κ2) is 5.23. The normalized spacial score (nSPS) is 12.7. The average molecular weight is 144 g/mol. The third kappa shape index (κ3) is 4.32. The van der Waals surface area contributed by atoms with Crippen molar-refractivity contribution in [3.8, 4) is 0 Å². The molecule has 0 rings (SSSR count). The molecule has 0 fully saturated rings. The summed E-state index contributed by atoms with van der Waals surface area (Å²) in [6.07, 6.45) is 2.04. The Hall–Kier alpha value is -0.570. The number of rotatable bonds is 4. The molecule has 0 bridgehead atoms. The van der Waals surface area contributed by atoms with E-state index in [0.717, 1.165) is 0 Å². The van der Waals surface area contributed by atoms with Crippen LogP contribution in [0.1, 0.15) is 26.7 Å². The van der Waals surface area contributed by atoms with Crippen LogP contribution in [-0.4, -0.2) is 17.2 Å². The number of nitrogens with one attached hydrogen (secondary N) is 1. The Morgan fingerprint density at radius 3 is 2.70 bits per heavy atom. The van der Waals surface area contributed by atoms with Crippen LogP contribution in [0.4, 0.5) is 0 Å². The van der Waals surface area contributed by atoms with Crippen molar-refractivity contribution in [2.45, 2.75) is 32.9 Å². The smallest absolute Gasteiger partial charge is 0.225 e. The van der Waals surface area contributed by atoms with Gasteiger partial charge >= 0.3 is 0 Å². The molecular weight excluding hydrogens is 130 g/mol. The van der Waals surface area contributed by atoms with Crippen LogP contribution in [-0.2, 0) is 4.79 Å². The molecule has 3 nitrogen and oxygen atoms in total. The fourth-order valence-electron chi connectivity index (χ4n) is 0.511. The highest BCUT2D eigenvalue weighted by Gasteiger charge is 2.03. The molecule has 0 aromatic carbocycles. The molecule has 0 aromatic heterocycles. The van der Waals surface area contributed by atoms with Gasteiger partial charge < -0.3 is 10.4 Å². The van der Waals surface area contributed by atoms with Gasteiger partial charge in [0.25, 0.3) is 0 Å². The monoisotopic (exact) mass is 144 g/mol. The molecule has 1 unspecified atom stereocenters. The summed E-state index contributed by atoms with van der Waals surface area (Å²) >= 11 is 0. The van der Waals surface area contributed by atoms with Crippen molar-refractivity contribution >= 4 is 5.91 Å². The molecule has 0 aromatic rings. The molecule has 2 N–H and O–H groups in total. The molecule has 0 aliphatic heterocycles. The minimum Gasteiger partial charge on any atom is -0.374 e. The van der Waals surface area contributed by atoms with Crippen molar-refractivity contribution in [1.29, 1.82) is 0 Å². The first kappa shape index (κ1) is 9.43. The Kier molecular flexibility index (Phi) is 4.94. The summed E-state index contributed by atoms with van der Waals surface area (Å²) in [5.74, 6) is -0.197. The lowest BCUT2D eigenvalue weighted by atomic mass is 10.3. The first-order chi connectivity index (χ1) is 4.70. The number of carbonyl (C=O) groups is 1. The van der Waals surface area contributed by atoms with Crippen LogP contribution in [0.25, 0.3) is 0 Å². The molecule has 0 aliphatic rings. The van der Waals surface area contributed by atoms with Crippen LogP contribution in [0.3, 0.4) is 0 Å². The number of amides is 1. The van der Waals surface area contributed by atoms with E-state index in [0.29, 0.717) is 12.8 Å². The average Bonchev–Trinajstić information content (AvgIpc) is 1.88. The van der Waals surface area contributed by atoms with Crippen LogP contribution in [0.5, 0.6) is 0 Å². The van der Waals surface area contributed by atoms with E-state index in [1.807, 2.05) is 6.92 Å². The van der Waals surface area contributed by atoms with E-state index in [1.54, 1.807) is 6.92 Å². The van der Waals surface area contributed by atoms with Crippen molar-refractivity contribution in [2.24, 2.45) is 0 Å². The maximum atomic E-state index is 10.7. The summed E-state index contributed by atoms with van der Waals surface area (Å²) in [6.45, 7) is 3.68. The van der Waals surface area contributed by atoms with Crippen LogP contribution >= 0.6 is 0 Å². The van der Waals surface area contributed by atoms with Gasteiger partial charge in [0.2, 0.25) is 5.91 Å². The predicted octanol–water partition coefficient (Wildman–Crippen LogP) is 0.445. The summed E-state index contributed by atoms with van der Waals surface area (Å²) in [5.41, 5.74) is 0. The SMILES string of the molecule is CC[CH]C(=O)NC(O)CC. The minimum absolute atomic E-state index is 0.197. The van der Waals surface area contributed by atoms with Crippen LogP contribution < -0.4 is 5.32 Å². The molecule has 0 spiro atoms. The minimum atomic E-state index is -0.699. The van der Waals surface area contributed by atoms with Gasteiger partial charge in [-0.25, -0.2) is 0 Å². The number of aliphatic hydroxyl groups excluding tert-OH is 1. The molecule has 1 radical (unpaired) electrons. The van der Waals surface area contributed by atoms with Crippen molar-refractivity contribution in [3.63, 3.8) is 0 Å². The molecule has 0 saturated heterocycles. The third-order valence-electron chi connectivity index (χ3n) is 1.09. The lowest BCUT2D eigenvalue weighted by molar-refractivity contribution is -0.120. The van der Waals surface area contributed by atoms with E-state index >= 15 is 0 Å². The second-order valence-electron chi connectivity index (χ2n) is 2.05. The molecular formula is C7H14NO2. The van der Waals surface area contributed by atoms with E-state index in [4.69, 9.17) is 5.11 Å². The van der Waals surface area contributed by atoms with E-state index in [-0.39, 0.29) is 5.91 Å². The Bertz CT molecular complexity index is 104. The summed E-state index contributed by atoms with van der Waals surface area (Å²) < 4.78 is 0.